The summed E-state index contributed by atoms with van der Waals surface area (Å²) in [7, 11) is 1.34. The highest BCUT2D eigenvalue weighted by Gasteiger charge is 2.18. The lowest BCUT2D eigenvalue weighted by Gasteiger charge is -2.36. The summed E-state index contributed by atoms with van der Waals surface area (Å²) < 4.78 is 4.78. The fourth-order valence-corrected chi connectivity index (χ4v) is 3.21. The standard InChI is InChI=1S/C20H25N3O3/c1-26-20(25)17-8-5-9-18(24)19(17)21-10-11-22-12-14-23(15-13-22)16-6-3-2-4-7-16/h2-9,21,24H,10-15H2,1H3. The second kappa shape index (κ2) is 8.58. The Hall–Kier alpha value is -2.73. The lowest BCUT2D eigenvalue weighted by molar-refractivity contribution is 0.0601. The van der Waals surface area contributed by atoms with Gasteiger partial charge in [0.25, 0.3) is 0 Å². The molecule has 0 aliphatic carbocycles. The van der Waals surface area contributed by atoms with Gasteiger partial charge in [0.1, 0.15) is 5.75 Å². The van der Waals surface area contributed by atoms with Crippen molar-refractivity contribution in [1.29, 1.82) is 0 Å². The molecule has 2 aromatic rings. The maximum Gasteiger partial charge on any atom is 0.340 e. The summed E-state index contributed by atoms with van der Waals surface area (Å²) in [4.78, 5) is 16.6. The predicted molar refractivity (Wildman–Crippen MR) is 103 cm³/mol. The molecule has 6 nitrogen and oxygen atoms in total. The number of phenolic OH excluding ortho intramolecular Hbond substituents is 1. The van der Waals surface area contributed by atoms with E-state index in [4.69, 9.17) is 4.74 Å². The van der Waals surface area contributed by atoms with Crippen molar-refractivity contribution in [3.8, 4) is 5.75 Å². The third-order valence-corrected chi connectivity index (χ3v) is 4.67. The van der Waals surface area contributed by atoms with Crippen molar-refractivity contribution >= 4 is 17.3 Å². The normalized spacial score (nSPS) is 14.9. The van der Waals surface area contributed by atoms with E-state index in [1.165, 1.54) is 12.8 Å². The second-order valence-electron chi connectivity index (χ2n) is 6.28. The van der Waals surface area contributed by atoms with E-state index in [1.807, 2.05) is 6.07 Å². The first-order valence-electron chi connectivity index (χ1n) is 8.85. The maximum atomic E-state index is 11.8. The van der Waals surface area contributed by atoms with Gasteiger partial charge in [0.05, 0.1) is 18.4 Å². The molecule has 0 saturated carbocycles. The SMILES string of the molecule is COC(=O)c1cccc(O)c1NCCN1CCN(c2ccccc2)CC1. The first-order chi connectivity index (χ1) is 12.7. The molecule has 0 spiro atoms. The van der Waals surface area contributed by atoms with Crippen molar-refractivity contribution in [3.63, 3.8) is 0 Å². The zero-order valence-corrected chi connectivity index (χ0v) is 15.0. The number of nitrogens with zero attached hydrogens (tertiary/aromatic N) is 2. The number of carbonyl (C=O) groups excluding carboxylic acids is 1. The van der Waals surface area contributed by atoms with Crippen molar-refractivity contribution in [2.75, 3.05) is 56.6 Å². The van der Waals surface area contributed by atoms with Crippen LogP contribution in [-0.4, -0.2) is 62.4 Å². The maximum absolute atomic E-state index is 11.8. The number of methoxy groups -OCH3 is 1. The van der Waals surface area contributed by atoms with Crippen molar-refractivity contribution in [3.05, 3.63) is 54.1 Å². The van der Waals surface area contributed by atoms with E-state index in [9.17, 15) is 9.90 Å². The van der Waals surface area contributed by atoms with Crippen molar-refractivity contribution < 1.29 is 14.6 Å². The number of para-hydroxylation sites is 2. The number of ether oxygens (including phenoxy) is 1. The molecule has 1 fully saturated rings. The molecular weight excluding hydrogens is 330 g/mol. The Bertz CT molecular complexity index is 728. The van der Waals surface area contributed by atoms with E-state index < -0.39 is 5.97 Å². The Balaban J connectivity index is 1.50. The van der Waals surface area contributed by atoms with E-state index in [0.717, 1.165) is 32.7 Å². The number of anilines is 2. The predicted octanol–water partition coefficient (Wildman–Crippen LogP) is 2.41. The highest BCUT2D eigenvalue weighted by atomic mass is 16.5. The highest BCUT2D eigenvalue weighted by molar-refractivity contribution is 5.97. The van der Waals surface area contributed by atoms with Gasteiger partial charge in [-0.25, -0.2) is 4.79 Å². The monoisotopic (exact) mass is 355 g/mol. The lowest BCUT2D eigenvalue weighted by atomic mass is 10.1. The molecule has 1 heterocycles. The zero-order valence-electron chi connectivity index (χ0n) is 15.0. The number of esters is 1. The zero-order chi connectivity index (χ0) is 18.4. The van der Waals surface area contributed by atoms with Crippen molar-refractivity contribution in [1.82, 2.24) is 4.90 Å². The Morgan fingerprint density at radius 2 is 1.81 bits per heavy atom. The van der Waals surface area contributed by atoms with Gasteiger partial charge in [0, 0.05) is 45.0 Å². The van der Waals surface area contributed by atoms with Crippen molar-refractivity contribution in [2.45, 2.75) is 0 Å². The summed E-state index contributed by atoms with van der Waals surface area (Å²) in [6.45, 7) is 5.45. The number of rotatable bonds is 6. The van der Waals surface area contributed by atoms with Gasteiger partial charge in [-0.1, -0.05) is 24.3 Å². The molecule has 1 saturated heterocycles. The number of piperazine rings is 1. The number of nitrogens with one attached hydrogen (secondary N) is 1. The molecule has 3 rings (SSSR count). The summed E-state index contributed by atoms with van der Waals surface area (Å²) in [6, 6.07) is 15.3. The van der Waals surface area contributed by atoms with Gasteiger partial charge in [-0.05, 0) is 24.3 Å². The Kier molecular flexibility index (Phi) is 5.96. The van der Waals surface area contributed by atoms with Crippen LogP contribution in [-0.2, 0) is 4.74 Å². The summed E-state index contributed by atoms with van der Waals surface area (Å²) >= 11 is 0. The van der Waals surface area contributed by atoms with Gasteiger partial charge in [-0.3, -0.25) is 4.90 Å². The third-order valence-electron chi connectivity index (χ3n) is 4.67. The molecule has 2 N–H and O–H groups in total. The smallest absolute Gasteiger partial charge is 0.340 e. The fourth-order valence-electron chi connectivity index (χ4n) is 3.21. The average molecular weight is 355 g/mol. The molecule has 2 aromatic carbocycles. The van der Waals surface area contributed by atoms with Crippen molar-refractivity contribution in [2.24, 2.45) is 0 Å². The second-order valence-corrected chi connectivity index (χ2v) is 6.28. The molecule has 0 aromatic heterocycles. The molecule has 0 atom stereocenters. The fraction of sp³-hybridized carbons (Fsp3) is 0.350. The number of hydrogen-bond acceptors (Lipinski definition) is 6. The van der Waals surface area contributed by atoms with E-state index >= 15 is 0 Å². The van der Waals surface area contributed by atoms with Gasteiger partial charge in [-0.15, -0.1) is 0 Å². The molecule has 6 heteroatoms. The van der Waals surface area contributed by atoms with Crippen LogP contribution in [0.25, 0.3) is 0 Å². The Morgan fingerprint density at radius 3 is 2.50 bits per heavy atom. The van der Waals surface area contributed by atoms with Crippen LogP contribution in [0.3, 0.4) is 0 Å². The van der Waals surface area contributed by atoms with Gasteiger partial charge >= 0.3 is 5.97 Å². The third kappa shape index (κ3) is 4.26. The van der Waals surface area contributed by atoms with Gasteiger partial charge in [-0.2, -0.15) is 0 Å². The minimum absolute atomic E-state index is 0.0572. The van der Waals surface area contributed by atoms with E-state index in [2.05, 4.69) is 39.4 Å². The van der Waals surface area contributed by atoms with Crippen LogP contribution in [0.5, 0.6) is 5.75 Å². The topological polar surface area (TPSA) is 65.0 Å². The van der Waals surface area contributed by atoms with E-state index in [0.29, 0.717) is 17.8 Å². The first kappa shape index (κ1) is 18.1. The van der Waals surface area contributed by atoms with E-state index in [-0.39, 0.29) is 5.75 Å². The van der Waals surface area contributed by atoms with Crippen LogP contribution >= 0.6 is 0 Å². The molecule has 1 aliphatic rings. The van der Waals surface area contributed by atoms with Crippen LogP contribution in [0, 0.1) is 0 Å². The minimum atomic E-state index is -0.458. The van der Waals surface area contributed by atoms with Gasteiger partial charge in [0.15, 0.2) is 0 Å². The molecule has 0 unspecified atom stereocenters. The Morgan fingerprint density at radius 1 is 1.08 bits per heavy atom. The van der Waals surface area contributed by atoms with Gasteiger partial charge in [0.2, 0.25) is 0 Å². The Labute approximate surface area is 154 Å². The molecule has 0 bridgehead atoms. The molecule has 0 radical (unpaired) electrons. The number of hydrogen-bond donors (Lipinski definition) is 2. The van der Waals surface area contributed by atoms with E-state index in [1.54, 1.807) is 18.2 Å². The summed E-state index contributed by atoms with van der Waals surface area (Å²) in [5, 5.41) is 13.2. The first-order valence-corrected chi connectivity index (χ1v) is 8.85. The van der Waals surface area contributed by atoms with Crippen LogP contribution in [0.15, 0.2) is 48.5 Å². The van der Waals surface area contributed by atoms with Gasteiger partial charge < -0.3 is 20.1 Å². The average Bonchev–Trinajstić information content (AvgIpc) is 2.69. The van der Waals surface area contributed by atoms with Crippen LogP contribution in [0.4, 0.5) is 11.4 Å². The largest absolute Gasteiger partial charge is 0.506 e. The lowest BCUT2D eigenvalue weighted by Crippen LogP contribution is -2.47. The minimum Gasteiger partial charge on any atom is -0.506 e. The molecule has 138 valence electrons. The molecular formula is C20H25N3O3. The highest BCUT2D eigenvalue weighted by Crippen LogP contribution is 2.27. The molecule has 0 amide bonds. The number of phenols is 1. The number of carbonyl (C=O) groups is 1. The number of aromatic hydroxyl groups is 1. The van der Waals surface area contributed by atoms with Crippen LogP contribution in [0.1, 0.15) is 10.4 Å². The number of benzene rings is 2. The molecule has 1 aliphatic heterocycles. The summed E-state index contributed by atoms with van der Waals surface area (Å²) in [5.41, 5.74) is 2.05. The summed E-state index contributed by atoms with van der Waals surface area (Å²) in [5.74, 6) is -0.401. The quantitative estimate of drug-likeness (QED) is 0.613. The van der Waals surface area contributed by atoms with Crippen LogP contribution < -0.4 is 10.2 Å². The molecule has 26 heavy (non-hydrogen) atoms. The summed E-state index contributed by atoms with van der Waals surface area (Å²) in [6.07, 6.45) is 0. The van der Waals surface area contributed by atoms with Crippen LogP contribution in [0.2, 0.25) is 0 Å².